The van der Waals surface area contributed by atoms with Crippen molar-refractivity contribution >= 4 is 39.9 Å². The molecule has 0 aliphatic heterocycles. The first kappa shape index (κ1) is 21.7. The lowest BCUT2D eigenvalue weighted by Crippen LogP contribution is -2.39. The van der Waals surface area contributed by atoms with Gasteiger partial charge < -0.3 is 21.8 Å². The molecule has 152 valence electrons. The monoisotopic (exact) mass is 427 g/mol. The van der Waals surface area contributed by atoms with Crippen LogP contribution in [-0.2, 0) is 21.2 Å². The SMILES string of the molecule is Cl.NC(=O)c1cc(S(=O)(=O)NCC(=O)NC2CCCc3cc(N)ccc32)c[nH]1. The fourth-order valence-corrected chi connectivity index (χ4v) is 4.12. The van der Waals surface area contributed by atoms with Gasteiger partial charge in [-0.25, -0.2) is 13.1 Å². The molecule has 1 aromatic heterocycles. The first-order valence-electron chi connectivity index (χ1n) is 8.42. The van der Waals surface area contributed by atoms with Crippen molar-refractivity contribution in [1.82, 2.24) is 15.0 Å². The van der Waals surface area contributed by atoms with E-state index in [2.05, 4.69) is 15.0 Å². The number of nitrogens with two attached hydrogens (primary N) is 2. The molecule has 11 heteroatoms. The molecule has 0 saturated carbocycles. The number of fused-ring (bicyclic) bond motifs is 1. The Kier molecular flexibility index (Phi) is 6.70. The van der Waals surface area contributed by atoms with Crippen molar-refractivity contribution in [1.29, 1.82) is 0 Å². The molecule has 2 amide bonds. The third-order valence-corrected chi connectivity index (χ3v) is 5.85. The van der Waals surface area contributed by atoms with Gasteiger partial charge in [-0.3, -0.25) is 9.59 Å². The molecule has 28 heavy (non-hydrogen) atoms. The molecular weight excluding hydrogens is 406 g/mol. The standard InChI is InChI=1S/C17H21N5O4S.ClH/c18-11-4-5-13-10(6-11)2-1-3-14(13)22-16(23)9-21-27(25,26)12-7-15(17(19)24)20-8-12;/h4-8,14,20-21H,1-3,9,18H2,(H2,19,24)(H,22,23);1H. The van der Waals surface area contributed by atoms with Gasteiger partial charge in [-0.1, -0.05) is 6.07 Å². The molecule has 9 nitrogen and oxygen atoms in total. The van der Waals surface area contributed by atoms with Gasteiger partial charge >= 0.3 is 0 Å². The number of aromatic nitrogens is 1. The number of nitrogens with one attached hydrogen (secondary N) is 3. The number of carbonyl (C=O) groups is 2. The number of aryl methyl sites for hydroxylation is 1. The van der Waals surface area contributed by atoms with Gasteiger partial charge in [0.1, 0.15) is 10.6 Å². The van der Waals surface area contributed by atoms with Crippen LogP contribution in [0.15, 0.2) is 35.4 Å². The van der Waals surface area contributed by atoms with Crippen molar-refractivity contribution in [3.05, 3.63) is 47.3 Å². The predicted octanol–water partition coefficient (Wildman–Crippen LogP) is 0.590. The topological polar surface area (TPSA) is 160 Å². The van der Waals surface area contributed by atoms with Gasteiger partial charge in [0.25, 0.3) is 5.91 Å². The molecule has 0 saturated heterocycles. The lowest BCUT2D eigenvalue weighted by atomic mass is 9.87. The molecule has 1 aromatic carbocycles. The minimum atomic E-state index is -3.94. The van der Waals surface area contributed by atoms with Gasteiger partial charge in [0.05, 0.1) is 12.6 Å². The predicted molar refractivity (Wildman–Crippen MR) is 106 cm³/mol. The number of carbonyl (C=O) groups excluding carboxylic acids is 2. The Bertz CT molecular complexity index is 989. The van der Waals surface area contributed by atoms with E-state index in [0.717, 1.165) is 42.7 Å². The summed E-state index contributed by atoms with van der Waals surface area (Å²) in [5.41, 5.74) is 13.6. The number of hydrogen-bond acceptors (Lipinski definition) is 5. The Labute approximate surface area is 168 Å². The van der Waals surface area contributed by atoms with E-state index in [1.807, 2.05) is 12.1 Å². The quantitative estimate of drug-likeness (QED) is 0.426. The molecular formula is C17H22ClN5O4S. The molecule has 0 radical (unpaired) electrons. The van der Waals surface area contributed by atoms with Crippen molar-refractivity contribution in [2.24, 2.45) is 5.73 Å². The molecule has 0 spiro atoms. The largest absolute Gasteiger partial charge is 0.399 e. The average molecular weight is 428 g/mol. The van der Waals surface area contributed by atoms with Gasteiger partial charge in [0.2, 0.25) is 15.9 Å². The number of benzene rings is 1. The Morgan fingerprint density at radius 1 is 1.25 bits per heavy atom. The highest BCUT2D eigenvalue weighted by molar-refractivity contribution is 7.89. The van der Waals surface area contributed by atoms with Crippen LogP contribution in [0, 0.1) is 0 Å². The minimum Gasteiger partial charge on any atom is -0.399 e. The summed E-state index contributed by atoms with van der Waals surface area (Å²) in [7, 11) is -3.94. The number of rotatable bonds is 6. The molecule has 0 bridgehead atoms. The number of H-pyrrole nitrogens is 1. The zero-order chi connectivity index (χ0) is 19.6. The van der Waals surface area contributed by atoms with E-state index < -0.39 is 28.4 Å². The summed E-state index contributed by atoms with van der Waals surface area (Å²) in [6.45, 7) is -0.416. The first-order chi connectivity index (χ1) is 12.8. The Morgan fingerprint density at radius 2 is 2.00 bits per heavy atom. The van der Waals surface area contributed by atoms with Gasteiger partial charge in [0, 0.05) is 11.9 Å². The number of anilines is 1. The molecule has 7 N–H and O–H groups in total. The van der Waals surface area contributed by atoms with Crippen LogP contribution in [0.4, 0.5) is 5.69 Å². The van der Waals surface area contributed by atoms with Crippen LogP contribution in [0.5, 0.6) is 0 Å². The van der Waals surface area contributed by atoms with E-state index in [9.17, 15) is 18.0 Å². The summed E-state index contributed by atoms with van der Waals surface area (Å²) >= 11 is 0. The van der Waals surface area contributed by atoms with Gasteiger partial charge in [-0.05, 0) is 48.6 Å². The smallest absolute Gasteiger partial charge is 0.265 e. The third kappa shape index (κ3) is 4.83. The van der Waals surface area contributed by atoms with Crippen molar-refractivity contribution in [2.45, 2.75) is 30.2 Å². The molecule has 1 unspecified atom stereocenters. The Balaban J connectivity index is 0.00000280. The second kappa shape index (κ2) is 8.63. The second-order valence-electron chi connectivity index (χ2n) is 6.41. The van der Waals surface area contributed by atoms with Gasteiger partial charge in [-0.2, -0.15) is 0 Å². The molecule has 0 fully saturated rings. The maximum Gasteiger partial charge on any atom is 0.265 e. The van der Waals surface area contributed by atoms with E-state index in [4.69, 9.17) is 11.5 Å². The second-order valence-corrected chi connectivity index (χ2v) is 8.18. The van der Waals surface area contributed by atoms with Crippen LogP contribution in [0.3, 0.4) is 0 Å². The summed E-state index contributed by atoms with van der Waals surface area (Å²) in [4.78, 5) is 25.6. The molecule has 1 heterocycles. The maximum atomic E-state index is 12.2. The molecule has 3 rings (SSSR count). The van der Waals surface area contributed by atoms with Gasteiger partial charge in [-0.15, -0.1) is 12.4 Å². The van der Waals surface area contributed by atoms with Crippen molar-refractivity contribution < 1.29 is 18.0 Å². The number of halogens is 1. The van der Waals surface area contributed by atoms with Crippen molar-refractivity contribution in [3.63, 3.8) is 0 Å². The van der Waals surface area contributed by atoms with Crippen LogP contribution in [0.2, 0.25) is 0 Å². The van der Waals surface area contributed by atoms with Crippen LogP contribution < -0.4 is 21.5 Å². The molecule has 1 aliphatic rings. The Morgan fingerprint density at radius 3 is 2.68 bits per heavy atom. The zero-order valence-electron chi connectivity index (χ0n) is 14.9. The normalized spacial score (nSPS) is 15.9. The highest BCUT2D eigenvalue weighted by Crippen LogP contribution is 2.30. The van der Waals surface area contributed by atoms with Crippen LogP contribution in [0.25, 0.3) is 0 Å². The van der Waals surface area contributed by atoms with Crippen LogP contribution in [-0.4, -0.2) is 31.8 Å². The number of primary amides is 1. The van der Waals surface area contributed by atoms with Gasteiger partial charge in [0.15, 0.2) is 0 Å². The van der Waals surface area contributed by atoms with Crippen molar-refractivity contribution in [2.75, 3.05) is 12.3 Å². The Hall–Kier alpha value is -2.56. The third-order valence-electron chi connectivity index (χ3n) is 4.47. The summed E-state index contributed by atoms with van der Waals surface area (Å²) in [5.74, 6) is -1.22. The molecule has 2 aromatic rings. The van der Waals surface area contributed by atoms with E-state index in [1.165, 1.54) is 0 Å². The first-order valence-corrected chi connectivity index (χ1v) is 9.90. The van der Waals surface area contributed by atoms with E-state index in [-0.39, 0.29) is 29.0 Å². The number of sulfonamides is 1. The number of amides is 2. The fourth-order valence-electron chi connectivity index (χ4n) is 3.15. The number of aromatic amines is 1. The highest BCUT2D eigenvalue weighted by atomic mass is 35.5. The zero-order valence-corrected chi connectivity index (χ0v) is 16.5. The van der Waals surface area contributed by atoms with Crippen LogP contribution >= 0.6 is 12.4 Å². The number of hydrogen-bond donors (Lipinski definition) is 5. The average Bonchev–Trinajstić information content (AvgIpc) is 3.11. The lowest BCUT2D eigenvalue weighted by molar-refractivity contribution is -0.120. The minimum absolute atomic E-state index is 0. The maximum absolute atomic E-state index is 12.2. The van der Waals surface area contributed by atoms with E-state index in [1.54, 1.807) is 6.07 Å². The van der Waals surface area contributed by atoms with E-state index in [0.29, 0.717) is 5.69 Å². The summed E-state index contributed by atoms with van der Waals surface area (Å²) in [5, 5.41) is 2.85. The molecule has 1 atom stereocenters. The highest BCUT2D eigenvalue weighted by Gasteiger charge is 2.23. The summed E-state index contributed by atoms with van der Waals surface area (Å²) in [6.07, 6.45) is 3.72. The fraction of sp³-hybridized carbons (Fsp3) is 0.294. The summed E-state index contributed by atoms with van der Waals surface area (Å²) in [6, 6.07) is 6.52. The molecule has 1 aliphatic carbocycles. The van der Waals surface area contributed by atoms with Crippen LogP contribution in [0.1, 0.15) is 40.5 Å². The number of nitrogen functional groups attached to an aromatic ring is 1. The van der Waals surface area contributed by atoms with E-state index >= 15 is 0 Å². The summed E-state index contributed by atoms with van der Waals surface area (Å²) < 4.78 is 26.7. The lowest BCUT2D eigenvalue weighted by Gasteiger charge is -2.26. The van der Waals surface area contributed by atoms with Crippen molar-refractivity contribution in [3.8, 4) is 0 Å².